The van der Waals surface area contributed by atoms with Crippen LogP contribution in [0, 0.1) is 13.8 Å². The second-order valence-corrected chi connectivity index (χ2v) is 3.24. The molecule has 1 aromatic carbocycles. The first-order chi connectivity index (χ1) is 6.43. The lowest BCUT2D eigenvalue weighted by molar-refractivity contribution is -0.132. The minimum absolute atomic E-state index is 0.176. The van der Waals surface area contributed by atoms with Gasteiger partial charge in [-0.05, 0) is 20.8 Å². The van der Waals surface area contributed by atoms with E-state index in [4.69, 9.17) is 5.11 Å². The van der Waals surface area contributed by atoms with Gasteiger partial charge < -0.3 is 5.11 Å². The van der Waals surface area contributed by atoms with E-state index in [-0.39, 0.29) is 5.57 Å². The highest BCUT2D eigenvalue weighted by Crippen LogP contribution is 1.99. The number of carbonyl (C=O) groups is 1. The maximum absolute atomic E-state index is 9.60. The van der Waals surface area contributed by atoms with Crippen LogP contribution in [0.2, 0.25) is 0 Å². The lowest BCUT2D eigenvalue weighted by atomic mass is 10.2. The summed E-state index contributed by atoms with van der Waals surface area (Å²) in [6, 6.07) is 8.48. The number of carboxylic acid groups (broad SMARTS) is 1. The third-order valence-electron chi connectivity index (χ3n) is 1.58. The minimum atomic E-state index is -0.935. The zero-order valence-electron chi connectivity index (χ0n) is 8.87. The van der Waals surface area contributed by atoms with E-state index in [0.717, 1.165) is 0 Å². The topological polar surface area (TPSA) is 37.3 Å². The Morgan fingerprint density at radius 1 is 1.14 bits per heavy atom. The summed E-state index contributed by atoms with van der Waals surface area (Å²) in [6.07, 6.45) is 0. The number of aryl methyl sites for hydroxylation is 2. The van der Waals surface area contributed by atoms with Gasteiger partial charge in [-0.3, -0.25) is 0 Å². The Bertz CT molecular complexity index is 277. The molecule has 0 spiro atoms. The average molecular weight is 192 g/mol. The summed E-state index contributed by atoms with van der Waals surface area (Å²) in [7, 11) is 0. The van der Waals surface area contributed by atoms with E-state index in [2.05, 4.69) is 44.7 Å². The SMILES string of the molecule is C=C(C)C(=O)O.Cc1ccc(C)cc1. The van der Waals surface area contributed by atoms with Crippen LogP contribution in [0.25, 0.3) is 0 Å². The fourth-order valence-corrected chi connectivity index (χ4v) is 0.637. The zero-order chi connectivity index (χ0) is 11.1. The molecule has 0 aliphatic carbocycles. The molecule has 0 aromatic heterocycles. The number of aliphatic carboxylic acids is 1. The minimum Gasteiger partial charge on any atom is -0.478 e. The Kier molecular flexibility index (Phi) is 5.30. The third kappa shape index (κ3) is 6.00. The summed E-state index contributed by atoms with van der Waals surface area (Å²) in [6.45, 7) is 8.80. The van der Waals surface area contributed by atoms with E-state index in [9.17, 15) is 4.79 Å². The van der Waals surface area contributed by atoms with Crippen molar-refractivity contribution < 1.29 is 9.90 Å². The van der Waals surface area contributed by atoms with E-state index in [1.54, 1.807) is 0 Å². The molecule has 1 N–H and O–H groups in total. The van der Waals surface area contributed by atoms with Gasteiger partial charge in [-0.1, -0.05) is 42.0 Å². The molecule has 0 bridgehead atoms. The molecule has 0 atom stereocenters. The summed E-state index contributed by atoms with van der Waals surface area (Å²) in [4.78, 5) is 9.60. The molecule has 0 saturated carbocycles. The van der Waals surface area contributed by atoms with Crippen LogP contribution in [0.4, 0.5) is 0 Å². The molecule has 0 radical (unpaired) electrons. The summed E-state index contributed by atoms with van der Waals surface area (Å²) in [5.74, 6) is -0.935. The third-order valence-corrected chi connectivity index (χ3v) is 1.58. The van der Waals surface area contributed by atoms with Crippen molar-refractivity contribution in [2.75, 3.05) is 0 Å². The molecule has 0 aliphatic heterocycles. The van der Waals surface area contributed by atoms with E-state index >= 15 is 0 Å². The van der Waals surface area contributed by atoms with Gasteiger partial charge in [-0.25, -0.2) is 4.79 Å². The number of hydrogen-bond acceptors (Lipinski definition) is 1. The van der Waals surface area contributed by atoms with Gasteiger partial charge in [-0.15, -0.1) is 0 Å². The molecule has 1 aromatic rings. The Morgan fingerprint density at radius 3 is 1.50 bits per heavy atom. The Morgan fingerprint density at radius 2 is 1.36 bits per heavy atom. The van der Waals surface area contributed by atoms with Gasteiger partial charge in [0, 0.05) is 5.57 Å². The summed E-state index contributed by atoms with van der Waals surface area (Å²) >= 11 is 0. The molecule has 1 rings (SSSR count). The van der Waals surface area contributed by atoms with Crippen molar-refractivity contribution >= 4 is 5.97 Å². The van der Waals surface area contributed by atoms with Crippen LogP contribution < -0.4 is 0 Å². The van der Waals surface area contributed by atoms with Gasteiger partial charge in [-0.2, -0.15) is 0 Å². The smallest absolute Gasteiger partial charge is 0.330 e. The molecule has 2 heteroatoms. The van der Waals surface area contributed by atoms with E-state index < -0.39 is 5.97 Å². The van der Waals surface area contributed by atoms with Crippen LogP contribution in [0.15, 0.2) is 36.4 Å². The number of hydrogen-bond donors (Lipinski definition) is 1. The molecule has 0 heterocycles. The van der Waals surface area contributed by atoms with Gasteiger partial charge in [0.2, 0.25) is 0 Å². The molecular formula is C12H16O2. The lowest BCUT2D eigenvalue weighted by Crippen LogP contribution is -1.92. The standard InChI is InChI=1S/C8H10.C4H6O2/c1-7-3-5-8(2)6-4-7;1-3(2)4(5)6/h3-6H,1-2H3;1H2,2H3,(H,5,6). The summed E-state index contributed by atoms with van der Waals surface area (Å²) < 4.78 is 0. The van der Waals surface area contributed by atoms with Crippen molar-refractivity contribution in [1.29, 1.82) is 0 Å². The summed E-state index contributed by atoms with van der Waals surface area (Å²) in [5.41, 5.74) is 2.83. The van der Waals surface area contributed by atoms with Gasteiger partial charge in [0.05, 0.1) is 0 Å². The highest BCUT2D eigenvalue weighted by Gasteiger charge is 1.90. The molecule has 2 nitrogen and oxygen atoms in total. The number of carboxylic acids is 1. The first-order valence-corrected chi connectivity index (χ1v) is 4.35. The quantitative estimate of drug-likeness (QED) is 0.694. The van der Waals surface area contributed by atoms with Crippen molar-refractivity contribution in [2.45, 2.75) is 20.8 Å². The molecule has 76 valence electrons. The zero-order valence-corrected chi connectivity index (χ0v) is 8.87. The highest BCUT2D eigenvalue weighted by atomic mass is 16.4. The second-order valence-electron chi connectivity index (χ2n) is 3.24. The maximum atomic E-state index is 9.60. The molecule has 0 saturated heterocycles. The van der Waals surface area contributed by atoms with Crippen molar-refractivity contribution in [2.24, 2.45) is 0 Å². The van der Waals surface area contributed by atoms with Crippen molar-refractivity contribution in [3.05, 3.63) is 47.5 Å². The van der Waals surface area contributed by atoms with Crippen molar-refractivity contribution in [3.63, 3.8) is 0 Å². The molecule has 0 unspecified atom stereocenters. The van der Waals surface area contributed by atoms with Crippen LogP contribution in [-0.4, -0.2) is 11.1 Å². The van der Waals surface area contributed by atoms with Gasteiger partial charge in [0.25, 0.3) is 0 Å². The molecule has 0 aliphatic rings. The lowest BCUT2D eigenvalue weighted by Gasteiger charge is -1.90. The fraction of sp³-hybridized carbons (Fsp3) is 0.250. The number of benzene rings is 1. The second kappa shape index (κ2) is 5.97. The van der Waals surface area contributed by atoms with Crippen LogP contribution in [0.1, 0.15) is 18.1 Å². The summed E-state index contributed by atoms with van der Waals surface area (Å²) in [5, 5.41) is 7.89. The van der Waals surface area contributed by atoms with Gasteiger partial charge in [0.15, 0.2) is 0 Å². The van der Waals surface area contributed by atoms with Crippen LogP contribution in [0.5, 0.6) is 0 Å². The Labute approximate surface area is 84.9 Å². The van der Waals surface area contributed by atoms with Gasteiger partial charge >= 0.3 is 5.97 Å². The van der Waals surface area contributed by atoms with Crippen molar-refractivity contribution in [1.82, 2.24) is 0 Å². The van der Waals surface area contributed by atoms with E-state index in [1.165, 1.54) is 18.1 Å². The van der Waals surface area contributed by atoms with Crippen molar-refractivity contribution in [3.8, 4) is 0 Å². The predicted molar refractivity (Wildman–Crippen MR) is 58.4 cm³/mol. The Hall–Kier alpha value is -1.57. The van der Waals surface area contributed by atoms with Crippen LogP contribution in [0.3, 0.4) is 0 Å². The average Bonchev–Trinajstić information content (AvgIpc) is 2.11. The van der Waals surface area contributed by atoms with E-state index in [0.29, 0.717) is 0 Å². The molecule has 14 heavy (non-hydrogen) atoms. The van der Waals surface area contributed by atoms with Gasteiger partial charge in [0.1, 0.15) is 0 Å². The normalized spacial score (nSPS) is 8.50. The molecule has 0 amide bonds. The fourth-order valence-electron chi connectivity index (χ4n) is 0.637. The largest absolute Gasteiger partial charge is 0.478 e. The highest BCUT2D eigenvalue weighted by molar-refractivity contribution is 5.84. The first kappa shape index (κ1) is 12.4. The first-order valence-electron chi connectivity index (χ1n) is 4.35. The molecule has 0 fully saturated rings. The predicted octanol–water partition coefficient (Wildman–Crippen LogP) is 2.95. The van der Waals surface area contributed by atoms with E-state index in [1.807, 2.05) is 0 Å². The maximum Gasteiger partial charge on any atom is 0.330 e. The number of rotatable bonds is 1. The monoisotopic (exact) mass is 192 g/mol. The van der Waals surface area contributed by atoms with Crippen LogP contribution in [-0.2, 0) is 4.79 Å². The van der Waals surface area contributed by atoms with Crippen LogP contribution >= 0.6 is 0 Å². The Balaban J connectivity index is 0.000000255. The molecular weight excluding hydrogens is 176 g/mol.